The van der Waals surface area contributed by atoms with Gasteiger partial charge in [0.25, 0.3) is 0 Å². The Morgan fingerprint density at radius 3 is 2.67 bits per heavy atom. The molecular weight excluding hydrogens is 243 g/mol. The van der Waals surface area contributed by atoms with E-state index in [0.29, 0.717) is 6.54 Å². The van der Waals surface area contributed by atoms with Crippen molar-refractivity contribution in [2.75, 3.05) is 19.7 Å². The van der Waals surface area contributed by atoms with Crippen LogP contribution in [0, 0.1) is 0 Å². The van der Waals surface area contributed by atoms with Crippen molar-refractivity contribution in [1.29, 1.82) is 0 Å². The lowest BCUT2D eigenvalue weighted by Crippen LogP contribution is -2.25. The van der Waals surface area contributed by atoms with E-state index in [9.17, 15) is 13.2 Å². The topological polar surface area (TPSA) is 21.3 Å². The van der Waals surface area contributed by atoms with Crippen LogP contribution in [0.3, 0.4) is 0 Å². The van der Waals surface area contributed by atoms with Crippen LogP contribution in [0.2, 0.25) is 0 Å². The third kappa shape index (κ3) is 3.26. The number of nitrogens with one attached hydrogen (secondary N) is 1. The van der Waals surface area contributed by atoms with Crippen LogP contribution in [0.5, 0.6) is 5.75 Å². The molecule has 18 heavy (non-hydrogen) atoms. The molecule has 0 saturated carbocycles. The van der Waals surface area contributed by atoms with Gasteiger partial charge in [-0.15, -0.1) is 0 Å². The molecule has 0 atom stereocenters. The number of rotatable bonds is 3. The van der Waals surface area contributed by atoms with Gasteiger partial charge in [-0.3, -0.25) is 0 Å². The lowest BCUT2D eigenvalue weighted by atomic mass is 10.1. The van der Waals surface area contributed by atoms with Gasteiger partial charge in [-0.25, -0.2) is 0 Å². The van der Waals surface area contributed by atoms with Gasteiger partial charge < -0.3 is 10.1 Å². The van der Waals surface area contributed by atoms with Gasteiger partial charge in [-0.05, 0) is 30.7 Å². The largest absolute Gasteiger partial charge is 0.489 e. The van der Waals surface area contributed by atoms with Crippen LogP contribution in [0.1, 0.15) is 12.0 Å². The molecular formula is C13H14F3NO. The molecule has 1 aromatic carbocycles. The normalized spacial score (nSPS) is 16.3. The number of halogens is 3. The molecule has 0 aromatic heterocycles. The molecule has 0 saturated heterocycles. The van der Waals surface area contributed by atoms with Gasteiger partial charge in [-0.2, -0.15) is 13.2 Å². The molecule has 1 N–H and O–H groups in total. The van der Waals surface area contributed by atoms with E-state index in [0.717, 1.165) is 24.6 Å². The van der Waals surface area contributed by atoms with Crippen molar-refractivity contribution in [2.24, 2.45) is 0 Å². The Hall–Kier alpha value is -1.49. The van der Waals surface area contributed by atoms with Crippen LogP contribution >= 0.6 is 0 Å². The minimum Gasteiger partial charge on any atom is -0.489 e. The van der Waals surface area contributed by atoms with E-state index < -0.39 is 11.7 Å². The van der Waals surface area contributed by atoms with Crippen molar-refractivity contribution < 1.29 is 17.9 Å². The molecule has 98 valence electrons. The van der Waals surface area contributed by atoms with Crippen molar-refractivity contribution in [3.05, 3.63) is 41.5 Å². The lowest BCUT2D eigenvalue weighted by molar-refractivity contribution is -0.138. The first kappa shape index (κ1) is 13.0. The van der Waals surface area contributed by atoms with Gasteiger partial charge in [0.15, 0.2) is 0 Å². The van der Waals surface area contributed by atoms with Gasteiger partial charge in [0.1, 0.15) is 12.4 Å². The molecule has 0 aliphatic carbocycles. The Morgan fingerprint density at radius 2 is 2.00 bits per heavy atom. The minimum atomic E-state index is -4.38. The zero-order valence-electron chi connectivity index (χ0n) is 9.76. The van der Waals surface area contributed by atoms with Crippen molar-refractivity contribution >= 4 is 0 Å². The van der Waals surface area contributed by atoms with E-state index in [2.05, 4.69) is 5.32 Å². The number of ether oxygens (including phenoxy) is 1. The van der Waals surface area contributed by atoms with E-state index >= 15 is 0 Å². The lowest BCUT2D eigenvalue weighted by Gasteiger charge is -2.17. The van der Waals surface area contributed by atoms with Gasteiger partial charge in [0, 0.05) is 6.54 Å². The van der Waals surface area contributed by atoms with Gasteiger partial charge in [-0.1, -0.05) is 18.2 Å². The molecule has 0 bridgehead atoms. The summed E-state index contributed by atoms with van der Waals surface area (Å²) in [5.41, 5.74) is 0.257. The Bertz CT molecular complexity index is 440. The predicted octanol–water partition coefficient (Wildman–Crippen LogP) is 3.00. The molecule has 0 spiro atoms. The fourth-order valence-electron chi connectivity index (χ4n) is 1.81. The first-order valence-electron chi connectivity index (χ1n) is 5.75. The number of para-hydroxylation sites is 1. The maximum Gasteiger partial charge on any atom is 0.419 e. The molecule has 1 aromatic rings. The first-order valence-corrected chi connectivity index (χ1v) is 5.75. The predicted molar refractivity (Wildman–Crippen MR) is 62.5 cm³/mol. The van der Waals surface area contributed by atoms with Crippen molar-refractivity contribution in [2.45, 2.75) is 12.6 Å². The van der Waals surface area contributed by atoms with Crippen molar-refractivity contribution in [3.8, 4) is 5.75 Å². The smallest absolute Gasteiger partial charge is 0.419 e. The average Bonchev–Trinajstić information content (AvgIpc) is 2.37. The molecule has 2 rings (SSSR count). The molecule has 0 fully saturated rings. The second-order valence-corrected chi connectivity index (χ2v) is 4.11. The summed E-state index contributed by atoms with van der Waals surface area (Å²) in [4.78, 5) is 0. The molecule has 0 unspecified atom stereocenters. The van der Waals surface area contributed by atoms with Crippen molar-refractivity contribution in [1.82, 2.24) is 5.32 Å². The maximum absolute atomic E-state index is 12.7. The summed E-state index contributed by atoms with van der Waals surface area (Å²) in [7, 11) is 0. The number of hydrogen-bond donors (Lipinski definition) is 1. The molecule has 1 heterocycles. The van der Waals surface area contributed by atoms with E-state index in [-0.39, 0.29) is 12.4 Å². The number of benzene rings is 1. The monoisotopic (exact) mass is 257 g/mol. The summed E-state index contributed by atoms with van der Waals surface area (Å²) in [6.07, 6.45) is -1.48. The quantitative estimate of drug-likeness (QED) is 0.840. The Morgan fingerprint density at radius 1 is 1.22 bits per heavy atom. The third-order valence-electron chi connectivity index (χ3n) is 2.71. The number of hydrogen-bond acceptors (Lipinski definition) is 2. The van der Waals surface area contributed by atoms with Crippen LogP contribution in [-0.2, 0) is 6.18 Å². The van der Waals surface area contributed by atoms with E-state index in [1.807, 2.05) is 6.08 Å². The van der Waals surface area contributed by atoms with Gasteiger partial charge in [0.05, 0.1) is 5.56 Å². The highest BCUT2D eigenvalue weighted by atomic mass is 19.4. The Balaban J connectivity index is 2.07. The number of alkyl halides is 3. The summed E-state index contributed by atoms with van der Waals surface area (Å²) in [5, 5.41) is 3.15. The van der Waals surface area contributed by atoms with Crippen LogP contribution in [0.4, 0.5) is 13.2 Å². The van der Waals surface area contributed by atoms with Gasteiger partial charge in [0.2, 0.25) is 0 Å². The second-order valence-electron chi connectivity index (χ2n) is 4.11. The summed E-state index contributed by atoms with van der Waals surface area (Å²) < 4.78 is 43.4. The van der Waals surface area contributed by atoms with Crippen LogP contribution < -0.4 is 10.1 Å². The van der Waals surface area contributed by atoms with E-state index in [4.69, 9.17) is 4.74 Å². The SMILES string of the molecule is FC(F)(F)c1ccccc1OCC1=CCCNC1. The average molecular weight is 257 g/mol. The maximum atomic E-state index is 12.7. The second kappa shape index (κ2) is 5.44. The fourth-order valence-corrected chi connectivity index (χ4v) is 1.81. The zero-order valence-corrected chi connectivity index (χ0v) is 9.76. The van der Waals surface area contributed by atoms with Crippen molar-refractivity contribution in [3.63, 3.8) is 0 Å². The summed E-state index contributed by atoms with van der Waals surface area (Å²) in [6.45, 7) is 1.77. The summed E-state index contributed by atoms with van der Waals surface area (Å²) >= 11 is 0. The molecule has 1 aliphatic heterocycles. The van der Waals surface area contributed by atoms with Crippen LogP contribution in [-0.4, -0.2) is 19.7 Å². The van der Waals surface area contributed by atoms with E-state index in [1.165, 1.54) is 18.2 Å². The molecule has 1 aliphatic rings. The molecule has 0 amide bonds. The highest BCUT2D eigenvalue weighted by molar-refractivity contribution is 5.35. The zero-order chi connectivity index (χ0) is 13.0. The summed E-state index contributed by atoms with van der Waals surface area (Å²) in [5.74, 6) is -0.114. The van der Waals surface area contributed by atoms with Gasteiger partial charge >= 0.3 is 6.18 Å². The molecule has 5 heteroatoms. The minimum absolute atomic E-state index is 0.114. The Kier molecular flexibility index (Phi) is 3.91. The molecule has 0 radical (unpaired) electrons. The molecule has 2 nitrogen and oxygen atoms in total. The Labute approximate surface area is 103 Å². The highest BCUT2D eigenvalue weighted by Crippen LogP contribution is 2.35. The first-order chi connectivity index (χ1) is 8.57. The van der Waals surface area contributed by atoms with Crippen LogP contribution in [0.25, 0.3) is 0 Å². The fraction of sp³-hybridized carbons (Fsp3) is 0.385. The highest BCUT2D eigenvalue weighted by Gasteiger charge is 2.34. The summed E-state index contributed by atoms with van der Waals surface area (Å²) in [6, 6.07) is 5.28. The van der Waals surface area contributed by atoms with Crippen LogP contribution in [0.15, 0.2) is 35.9 Å². The third-order valence-corrected chi connectivity index (χ3v) is 2.71. The standard InChI is InChI=1S/C13H14F3NO/c14-13(15,16)11-5-1-2-6-12(11)18-9-10-4-3-7-17-8-10/h1-2,4-6,17H,3,7-9H2. The van der Waals surface area contributed by atoms with E-state index in [1.54, 1.807) is 0 Å².